The van der Waals surface area contributed by atoms with Gasteiger partial charge in [0.2, 0.25) is 5.91 Å². The van der Waals surface area contributed by atoms with Crippen LogP contribution >= 0.6 is 12.2 Å². The molecule has 0 atom stereocenters. The van der Waals surface area contributed by atoms with Crippen LogP contribution in [-0.2, 0) is 11.3 Å². The molecule has 148 valence electrons. The van der Waals surface area contributed by atoms with Crippen LogP contribution in [-0.4, -0.2) is 27.1 Å². The Bertz CT molecular complexity index is 1010. The third-order valence-electron chi connectivity index (χ3n) is 5.01. The number of hydrogen-bond donors (Lipinski definition) is 2. The zero-order valence-corrected chi connectivity index (χ0v) is 17.1. The van der Waals surface area contributed by atoms with E-state index < -0.39 is 0 Å². The molecule has 4 rings (SSSR count). The predicted molar refractivity (Wildman–Crippen MR) is 119 cm³/mol. The summed E-state index contributed by atoms with van der Waals surface area (Å²) in [4.78, 5) is 17.9. The summed E-state index contributed by atoms with van der Waals surface area (Å²) < 4.78 is 1.96. The maximum atomic E-state index is 12.0. The first-order chi connectivity index (χ1) is 14.1. The second-order valence-corrected chi connectivity index (χ2v) is 7.50. The fraction of sp³-hybridized carbons (Fsp3) is 0.227. The largest absolute Gasteiger partial charge is 0.358 e. The van der Waals surface area contributed by atoms with Crippen molar-refractivity contribution in [2.75, 3.05) is 16.8 Å². The van der Waals surface area contributed by atoms with Crippen LogP contribution in [0.15, 0.2) is 61.2 Å². The average molecular weight is 406 g/mol. The Kier molecular flexibility index (Phi) is 5.57. The molecular weight excluding hydrogens is 382 g/mol. The van der Waals surface area contributed by atoms with Crippen molar-refractivity contribution in [1.82, 2.24) is 14.9 Å². The first kappa shape index (κ1) is 19.1. The Morgan fingerprint density at radius 3 is 2.69 bits per heavy atom. The standard InChI is InChI=1S/C22H23N5OS/c1-16-13-18(6-9-20(16)27-11-2-3-21(27)28)25-22(29)24-14-17-4-7-19(8-5-17)26-12-10-23-15-26/h4-10,12-13,15H,2-3,11,14H2,1H3,(H2,24,25,29). The smallest absolute Gasteiger partial charge is 0.227 e. The van der Waals surface area contributed by atoms with Gasteiger partial charge in [-0.05, 0) is 67.0 Å². The molecule has 0 saturated carbocycles. The van der Waals surface area contributed by atoms with Crippen molar-refractivity contribution >= 4 is 34.6 Å². The lowest BCUT2D eigenvalue weighted by atomic mass is 10.1. The monoisotopic (exact) mass is 405 g/mol. The lowest BCUT2D eigenvalue weighted by molar-refractivity contribution is -0.117. The van der Waals surface area contributed by atoms with Gasteiger partial charge < -0.3 is 20.1 Å². The number of anilines is 2. The quantitative estimate of drug-likeness (QED) is 0.633. The van der Waals surface area contributed by atoms with Crippen molar-refractivity contribution in [3.63, 3.8) is 0 Å². The van der Waals surface area contributed by atoms with E-state index in [2.05, 4.69) is 39.9 Å². The fourth-order valence-electron chi connectivity index (χ4n) is 3.49. The number of rotatable bonds is 5. The van der Waals surface area contributed by atoms with E-state index in [1.165, 1.54) is 0 Å². The molecule has 2 heterocycles. The van der Waals surface area contributed by atoms with Crippen molar-refractivity contribution in [1.29, 1.82) is 0 Å². The van der Waals surface area contributed by atoms with E-state index in [0.717, 1.165) is 41.2 Å². The third kappa shape index (κ3) is 4.46. The van der Waals surface area contributed by atoms with Gasteiger partial charge in [0.1, 0.15) is 0 Å². The molecule has 1 saturated heterocycles. The van der Waals surface area contributed by atoms with Gasteiger partial charge in [0, 0.05) is 49.0 Å². The van der Waals surface area contributed by atoms with Gasteiger partial charge in [-0.15, -0.1) is 0 Å². The fourth-order valence-corrected chi connectivity index (χ4v) is 3.68. The van der Waals surface area contributed by atoms with Gasteiger partial charge in [0.05, 0.1) is 6.33 Å². The molecule has 0 spiro atoms. The topological polar surface area (TPSA) is 62.2 Å². The van der Waals surface area contributed by atoms with E-state index >= 15 is 0 Å². The highest BCUT2D eigenvalue weighted by atomic mass is 32.1. The minimum atomic E-state index is 0.199. The van der Waals surface area contributed by atoms with Crippen molar-refractivity contribution < 1.29 is 4.79 Å². The summed E-state index contributed by atoms with van der Waals surface area (Å²) in [6, 6.07) is 14.2. The van der Waals surface area contributed by atoms with Crippen LogP contribution in [0.1, 0.15) is 24.0 Å². The molecular formula is C22H23N5OS. The maximum Gasteiger partial charge on any atom is 0.227 e. The molecule has 1 aliphatic rings. The zero-order valence-electron chi connectivity index (χ0n) is 16.3. The molecule has 1 fully saturated rings. The van der Waals surface area contributed by atoms with Crippen LogP contribution < -0.4 is 15.5 Å². The molecule has 0 unspecified atom stereocenters. The number of imidazole rings is 1. The normalized spacial score (nSPS) is 13.6. The highest BCUT2D eigenvalue weighted by Crippen LogP contribution is 2.27. The minimum absolute atomic E-state index is 0.199. The summed E-state index contributed by atoms with van der Waals surface area (Å²) in [5, 5.41) is 7.02. The second-order valence-electron chi connectivity index (χ2n) is 7.09. The van der Waals surface area contributed by atoms with E-state index in [1.807, 2.05) is 40.8 Å². The molecule has 0 bridgehead atoms. The van der Waals surface area contributed by atoms with E-state index in [1.54, 1.807) is 12.5 Å². The van der Waals surface area contributed by atoms with Crippen molar-refractivity contribution in [3.05, 3.63) is 72.3 Å². The lowest BCUT2D eigenvalue weighted by Crippen LogP contribution is -2.28. The molecule has 1 aromatic heterocycles. The van der Waals surface area contributed by atoms with E-state index in [4.69, 9.17) is 12.2 Å². The second kappa shape index (κ2) is 8.45. The molecule has 1 amide bonds. The molecule has 2 N–H and O–H groups in total. The molecule has 3 aromatic rings. The number of thiocarbonyl (C=S) groups is 1. The third-order valence-corrected chi connectivity index (χ3v) is 5.26. The lowest BCUT2D eigenvalue weighted by Gasteiger charge is -2.19. The Labute approximate surface area is 175 Å². The predicted octanol–water partition coefficient (Wildman–Crippen LogP) is 3.79. The molecule has 1 aliphatic heterocycles. The Hall–Kier alpha value is -3.19. The highest BCUT2D eigenvalue weighted by molar-refractivity contribution is 7.80. The summed E-state index contributed by atoms with van der Waals surface area (Å²) in [5.41, 5.74) is 5.15. The van der Waals surface area contributed by atoms with E-state index in [0.29, 0.717) is 18.1 Å². The highest BCUT2D eigenvalue weighted by Gasteiger charge is 2.22. The average Bonchev–Trinajstić information content (AvgIpc) is 3.39. The first-order valence-corrected chi connectivity index (χ1v) is 10.0. The van der Waals surface area contributed by atoms with Crippen LogP contribution in [0.2, 0.25) is 0 Å². The van der Waals surface area contributed by atoms with Crippen LogP contribution in [0.3, 0.4) is 0 Å². The van der Waals surface area contributed by atoms with Crippen molar-refractivity contribution in [3.8, 4) is 5.69 Å². The van der Waals surface area contributed by atoms with Gasteiger partial charge >= 0.3 is 0 Å². The van der Waals surface area contributed by atoms with Crippen LogP contribution in [0, 0.1) is 6.92 Å². The minimum Gasteiger partial charge on any atom is -0.358 e. The zero-order chi connectivity index (χ0) is 20.2. The van der Waals surface area contributed by atoms with Gasteiger partial charge in [-0.3, -0.25) is 4.79 Å². The number of carbonyl (C=O) groups excluding carboxylic acids is 1. The summed E-state index contributed by atoms with van der Waals surface area (Å²) in [5.74, 6) is 0.199. The molecule has 2 aromatic carbocycles. The number of benzene rings is 2. The maximum absolute atomic E-state index is 12.0. The molecule has 7 heteroatoms. The number of amides is 1. The molecule has 6 nitrogen and oxygen atoms in total. The number of nitrogens with zero attached hydrogens (tertiary/aromatic N) is 3. The van der Waals surface area contributed by atoms with Gasteiger partial charge in [-0.2, -0.15) is 0 Å². The Morgan fingerprint density at radius 2 is 2.03 bits per heavy atom. The van der Waals surface area contributed by atoms with Crippen LogP contribution in [0.5, 0.6) is 0 Å². The molecule has 0 radical (unpaired) electrons. The van der Waals surface area contributed by atoms with Gasteiger partial charge in [0.25, 0.3) is 0 Å². The molecule has 29 heavy (non-hydrogen) atoms. The van der Waals surface area contributed by atoms with E-state index in [-0.39, 0.29) is 5.91 Å². The number of carbonyl (C=O) groups is 1. The number of hydrogen-bond acceptors (Lipinski definition) is 3. The number of nitrogens with one attached hydrogen (secondary N) is 2. The van der Waals surface area contributed by atoms with Crippen LogP contribution in [0.4, 0.5) is 11.4 Å². The summed E-state index contributed by atoms with van der Waals surface area (Å²) in [6.45, 7) is 3.45. The summed E-state index contributed by atoms with van der Waals surface area (Å²) >= 11 is 5.43. The van der Waals surface area contributed by atoms with E-state index in [9.17, 15) is 4.79 Å². The molecule has 0 aliphatic carbocycles. The van der Waals surface area contributed by atoms with Crippen molar-refractivity contribution in [2.45, 2.75) is 26.3 Å². The number of aryl methyl sites for hydroxylation is 1. The Balaban J connectivity index is 1.32. The van der Waals surface area contributed by atoms with Crippen molar-refractivity contribution in [2.24, 2.45) is 0 Å². The summed E-state index contributed by atoms with van der Waals surface area (Å²) in [6.07, 6.45) is 7.02. The van der Waals surface area contributed by atoms with Gasteiger partial charge in [-0.25, -0.2) is 4.98 Å². The number of aromatic nitrogens is 2. The Morgan fingerprint density at radius 1 is 1.21 bits per heavy atom. The first-order valence-electron chi connectivity index (χ1n) is 9.63. The van der Waals surface area contributed by atoms with Crippen LogP contribution in [0.25, 0.3) is 5.69 Å². The van der Waals surface area contributed by atoms with Gasteiger partial charge in [-0.1, -0.05) is 12.1 Å². The summed E-state index contributed by atoms with van der Waals surface area (Å²) in [7, 11) is 0. The van der Waals surface area contributed by atoms with Gasteiger partial charge in [0.15, 0.2) is 5.11 Å². The SMILES string of the molecule is Cc1cc(NC(=S)NCc2ccc(-n3ccnc3)cc2)ccc1N1CCCC1=O.